The van der Waals surface area contributed by atoms with Gasteiger partial charge in [-0.15, -0.1) is 0 Å². The summed E-state index contributed by atoms with van der Waals surface area (Å²) in [6.07, 6.45) is 3.13. The second-order valence-corrected chi connectivity index (χ2v) is 5.32. The van der Waals surface area contributed by atoms with Crippen molar-refractivity contribution < 1.29 is 9.53 Å². The van der Waals surface area contributed by atoms with Crippen LogP contribution in [0.5, 0.6) is 0 Å². The maximum atomic E-state index is 12.2. The lowest BCUT2D eigenvalue weighted by atomic mass is 9.99. The smallest absolute Gasteiger partial charge is 0.251 e. The van der Waals surface area contributed by atoms with Crippen LogP contribution in [0.2, 0.25) is 0 Å². The lowest BCUT2D eigenvalue weighted by Gasteiger charge is -2.17. The van der Waals surface area contributed by atoms with Gasteiger partial charge in [0, 0.05) is 24.6 Å². The summed E-state index contributed by atoms with van der Waals surface area (Å²) in [5, 5.41) is 3.02. The summed E-state index contributed by atoms with van der Waals surface area (Å²) in [6.45, 7) is 4.23. The highest BCUT2D eigenvalue weighted by molar-refractivity contribution is 5.94. The Bertz CT molecular complexity index is 448. The number of ether oxygens (including phenoxy) is 1. The molecule has 110 valence electrons. The number of hydrogen-bond acceptors (Lipinski definition) is 3. The highest BCUT2D eigenvalue weighted by Gasteiger charge is 2.26. The molecule has 0 aliphatic carbocycles. The van der Waals surface area contributed by atoms with Crippen LogP contribution in [-0.2, 0) is 11.2 Å². The monoisotopic (exact) mass is 276 g/mol. The van der Waals surface area contributed by atoms with Crippen LogP contribution in [-0.4, -0.2) is 31.7 Å². The molecule has 1 fully saturated rings. The molecule has 1 heterocycles. The summed E-state index contributed by atoms with van der Waals surface area (Å²) in [6, 6.07) is 7.68. The average Bonchev–Trinajstić information content (AvgIpc) is 2.93. The molecule has 4 nitrogen and oxygen atoms in total. The van der Waals surface area contributed by atoms with Gasteiger partial charge in [0.05, 0.1) is 6.10 Å². The first-order valence-corrected chi connectivity index (χ1v) is 7.43. The third kappa shape index (κ3) is 3.81. The minimum absolute atomic E-state index is 0.00868. The highest BCUT2D eigenvalue weighted by Crippen LogP contribution is 2.22. The molecule has 1 aromatic rings. The van der Waals surface area contributed by atoms with Gasteiger partial charge in [0.25, 0.3) is 5.91 Å². The number of amides is 1. The third-order valence-corrected chi connectivity index (χ3v) is 3.90. The van der Waals surface area contributed by atoms with Crippen LogP contribution < -0.4 is 11.1 Å². The van der Waals surface area contributed by atoms with Crippen LogP contribution in [0, 0.1) is 5.92 Å². The number of carbonyl (C=O) groups excluding carboxylic acids is 1. The van der Waals surface area contributed by atoms with Crippen LogP contribution >= 0.6 is 0 Å². The van der Waals surface area contributed by atoms with Gasteiger partial charge < -0.3 is 15.8 Å². The molecular weight excluding hydrogens is 252 g/mol. The fourth-order valence-electron chi connectivity index (χ4n) is 2.74. The molecule has 0 bridgehead atoms. The normalized spacial score (nSPS) is 21.9. The molecule has 0 spiro atoms. The number of carbonyl (C=O) groups is 1. The van der Waals surface area contributed by atoms with E-state index in [4.69, 9.17) is 10.5 Å². The zero-order chi connectivity index (χ0) is 14.4. The Balaban J connectivity index is 1.89. The predicted molar refractivity (Wildman–Crippen MR) is 79.7 cm³/mol. The molecule has 0 saturated carbocycles. The maximum absolute atomic E-state index is 12.2. The van der Waals surface area contributed by atoms with Crippen LogP contribution in [0.1, 0.15) is 35.7 Å². The van der Waals surface area contributed by atoms with Gasteiger partial charge in [0.15, 0.2) is 0 Å². The van der Waals surface area contributed by atoms with E-state index in [0.717, 1.165) is 31.4 Å². The van der Waals surface area contributed by atoms with Gasteiger partial charge in [-0.05, 0) is 43.5 Å². The van der Waals surface area contributed by atoms with E-state index in [1.54, 1.807) is 0 Å². The molecule has 0 radical (unpaired) electrons. The Morgan fingerprint density at radius 2 is 2.35 bits per heavy atom. The second-order valence-electron chi connectivity index (χ2n) is 5.32. The molecule has 1 aromatic carbocycles. The summed E-state index contributed by atoms with van der Waals surface area (Å²) >= 11 is 0. The topological polar surface area (TPSA) is 64.3 Å². The SMILES string of the molecule is CCC1OCCC1CNC(=O)c1cccc(CCN)c1. The summed E-state index contributed by atoms with van der Waals surface area (Å²) in [5.41, 5.74) is 7.36. The molecule has 2 atom stereocenters. The van der Waals surface area contributed by atoms with Gasteiger partial charge in [0.2, 0.25) is 0 Å². The fourth-order valence-corrected chi connectivity index (χ4v) is 2.74. The maximum Gasteiger partial charge on any atom is 0.251 e. The Hall–Kier alpha value is -1.39. The molecule has 2 unspecified atom stereocenters. The van der Waals surface area contributed by atoms with Gasteiger partial charge >= 0.3 is 0 Å². The van der Waals surface area contributed by atoms with Gasteiger partial charge in [-0.2, -0.15) is 0 Å². The van der Waals surface area contributed by atoms with Gasteiger partial charge in [-0.3, -0.25) is 4.79 Å². The molecule has 1 saturated heterocycles. The van der Waals surface area contributed by atoms with Gasteiger partial charge in [-0.1, -0.05) is 19.1 Å². The summed E-state index contributed by atoms with van der Waals surface area (Å²) < 4.78 is 5.64. The molecular formula is C16H24N2O2. The van der Waals surface area contributed by atoms with Crippen molar-refractivity contribution in [2.45, 2.75) is 32.3 Å². The average molecular weight is 276 g/mol. The third-order valence-electron chi connectivity index (χ3n) is 3.90. The van der Waals surface area contributed by atoms with Crippen molar-refractivity contribution in [2.24, 2.45) is 11.7 Å². The van der Waals surface area contributed by atoms with Gasteiger partial charge in [0.1, 0.15) is 0 Å². The fraction of sp³-hybridized carbons (Fsp3) is 0.562. The van der Waals surface area contributed by atoms with Gasteiger partial charge in [-0.25, -0.2) is 0 Å². The van der Waals surface area contributed by atoms with Crippen molar-refractivity contribution in [1.29, 1.82) is 0 Å². The molecule has 3 N–H and O–H groups in total. The zero-order valence-electron chi connectivity index (χ0n) is 12.1. The van der Waals surface area contributed by atoms with E-state index in [2.05, 4.69) is 12.2 Å². The van der Waals surface area contributed by atoms with Crippen molar-refractivity contribution in [3.05, 3.63) is 35.4 Å². The van der Waals surface area contributed by atoms with E-state index in [-0.39, 0.29) is 5.91 Å². The quantitative estimate of drug-likeness (QED) is 0.831. The first-order chi connectivity index (χ1) is 9.74. The molecule has 1 amide bonds. The van der Waals surface area contributed by atoms with Crippen LogP contribution in [0.25, 0.3) is 0 Å². The molecule has 2 rings (SSSR count). The van der Waals surface area contributed by atoms with Crippen molar-refractivity contribution in [2.75, 3.05) is 19.7 Å². The number of rotatable bonds is 6. The van der Waals surface area contributed by atoms with Crippen LogP contribution in [0.15, 0.2) is 24.3 Å². The highest BCUT2D eigenvalue weighted by atomic mass is 16.5. The van der Waals surface area contributed by atoms with E-state index in [0.29, 0.717) is 30.7 Å². The molecule has 1 aliphatic rings. The Kier molecular flexibility index (Phi) is 5.56. The Morgan fingerprint density at radius 1 is 1.50 bits per heavy atom. The lowest BCUT2D eigenvalue weighted by molar-refractivity contribution is 0.0827. The number of hydrogen-bond donors (Lipinski definition) is 2. The van der Waals surface area contributed by atoms with Crippen molar-refractivity contribution >= 4 is 5.91 Å². The van der Waals surface area contributed by atoms with Crippen molar-refractivity contribution in [3.8, 4) is 0 Å². The number of nitrogens with one attached hydrogen (secondary N) is 1. The summed E-state index contributed by atoms with van der Waals surface area (Å²) in [7, 11) is 0. The van der Waals surface area contributed by atoms with E-state index in [9.17, 15) is 4.79 Å². The van der Waals surface area contributed by atoms with Crippen LogP contribution in [0.4, 0.5) is 0 Å². The van der Waals surface area contributed by atoms with E-state index < -0.39 is 0 Å². The minimum Gasteiger partial charge on any atom is -0.378 e. The molecule has 0 aromatic heterocycles. The van der Waals surface area contributed by atoms with Crippen LogP contribution in [0.3, 0.4) is 0 Å². The Morgan fingerprint density at radius 3 is 3.10 bits per heavy atom. The second kappa shape index (κ2) is 7.41. The zero-order valence-corrected chi connectivity index (χ0v) is 12.1. The lowest BCUT2D eigenvalue weighted by Crippen LogP contribution is -2.32. The molecule has 4 heteroatoms. The first kappa shape index (κ1) is 15.0. The van der Waals surface area contributed by atoms with E-state index in [1.807, 2.05) is 24.3 Å². The Labute approximate surface area is 120 Å². The standard InChI is InChI=1S/C16H24N2O2/c1-2-15-14(7-9-20-15)11-18-16(19)13-5-3-4-12(10-13)6-8-17/h3-5,10,14-15H,2,6-9,11,17H2,1H3,(H,18,19). The first-order valence-electron chi connectivity index (χ1n) is 7.43. The summed E-state index contributed by atoms with van der Waals surface area (Å²) in [5.74, 6) is 0.432. The van der Waals surface area contributed by atoms with Crippen molar-refractivity contribution in [3.63, 3.8) is 0 Å². The summed E-state index contributed by atoms with van der Waals surface area (Å²) in [4.78, 5) is 12.2. The molecule has 1 aliphatic heterocycles. The number of nitrogens with two attached hydrogens (primary N) is 1. The van der Waals surface area contributed by atoms with E-state index >= 15 is 0 Å². The predicted octanol–water partition coefficient (Wildman–Crippen LogP) is 1.73. The minimum atomic E-state index is -0.00868. The van der Waals surface area contributed by atoms with E-state index in [1.165, 1.54) is 0 Å². The largest absolute Gasteiger partial charge is 0.378 e. The number of benzene rings is 1. The molecule has 20 heavy (non-hydrogen) atoms. The van der Waals surface area contributed by atoms with Crippen molar-refractivity contribution in [1.82, 2.24) is 5.32 Å².